The molecule has 0 spiro atoms. The molecular weight excluding hydrogens is 236 g/mol. The van der Waals surface area contributed by atoms with Gasteiger partial charge in [-0.3, -0.25) is 4.79 Å². The summed E-state index contributed by atoms with van der Waals surface area (Å²) in [6, 6.07) is 3.40. The third-order valence-corrected chi connectivity index (χ3v) is 1.84. The number of rotatable bonds is 2. The van der Waals surface area contributed by atoms with Gasteiger partial charge in [-0.2, -0.15) is 0 Å². The molecule has 0 aliphatic heterocycles. The maximum absolute atomic E-state index is 11.0. The van der Waals surface area contributed by atoms with Crippen LogP contribution in [0.25, 0.3) is 0 Å². The number of halogens is 1. The number of pyridine rings is 1. The molecule has 0 radical (unpaired) electrons. The van der Waals surface area contributed by atoms with Crippen LogP contribution >= 0.6 is 15.9 Å². The zero-order chi connectivity index (χ0) is 9.84. The van der Waals surface area contributed by atoms with Crippen LogP contribution in [0.5, 0.6) is 0 Å². The van der Waals surface area contributed by atoms with Gasteiger partial charge < -0.3 is 10.4 Å². The molecule has 1 aromatic rings. The summed E-state index contributed by atoms with van der Waals surface area (Å²) < 4.78 is 0.697. The molecule has 0 unspecified atom stereocenters. The van der Waals surface area contributed by atoms with Gasteiger partial charge in [0.25, 0.3) is 5.91 Å². The number of nitrogens with zero attached hydrogens (tertiary/aromatic N) is 1. The van der Waals surface area contributed by atoms with E-state index in [9.17, 15) is 4.79 Å². The van der Waals surface area contributed by atoms with Gasteiger partial charge in [-0.25, -0.2) is 4.98 Å². The molecule has 0 bridgehead atoms. The molecule has 4 nitrogen and oxygen atoms in total. The molecule has 1 amide bonds. The Morgan fingerprint density at radius 3 is 2.85 bits per heavy atom. The molecule has 0 saturated carbocycles. The lowest BCUT2D eigenvalue weighted by atomic mass is 10.3. The van der Waals surface area contributed by atoms with E-state index in [4.69, 9.17) is 5.11 Å². The topological polar surface area (TPSA) is 62.2 Å². The van der Waals surface area contributed by atoms with Crippen molar-refractivity contribution in [3.63, 3.8) is 0 Å². The third kappa shape index (κ3) is 3.12. The molecule has 5 heteroatoms. The quantitative estimate of drug-likeness (QED) is 0.768. The average Bonchev–Trinajstić information content (AvgIpc) is 2.08. The summed E-state index contributed by atoms with van der Waals surface area (Å²) in [5, 5.41) is 11.4. The standard InChI is InChI=1S/C8H9BrN2O2/c1-5(12)8(13)11-6-2-3-7(9)10-4-6/h2-5,12H,1H3,(H,11,13)/t5-/m0/s1. The summed E-state index contributed by atoms with van der Waals surface area (Å²) in [6.07, 6.45) is 0.494. The Labute approximate surface area is 84.1 Å². The zero-order valence-electron chi connectivity index (χ0n) is 6.99. The second-order valence-corrected chi connectivity index (χ2v) is 3.35. The van der Waals surface area contributed by atoms with Crippen LogP contribution < -0.4 is 5.32 Å². The number of hydrogen-bond donors (Lipinski definition) is 2. The van der Waals surface area contributed by atoms with E-state index in [0.717, 1.165) is 0 Å². The molecule has 0 aliphatic carbocycles. The van der Waals surface area contributed by atoms with Gasteiger partial charge in [-0.05, 0) is 35.0 Å². The molecule has 13 heavy (non-hydrogen) atoms. The van der Waals surface area contributed by atoms with Gasteiger partial charge in [0, 0.05) is 0 Å². The minimum atomic E-state index is -1.01. The van der Waals surface area contributed by atoms with E-state index in [1.807, 2.05) is 0 Å². The van der Waals surface area contributed by atoms with Gasteiger partial charge in [0.2, 0.25) is 0 Å². The van der Waals surface area contributed by atoms with Crippen LogP contribution in [0.4, 0.5) is 5.69 Å². The molecular formula is C8H9BrN2O2. The SMILES string of the molecule is C[C@H](O)C(=O)Nc1ccc(Br)nc1. The normalized spacial score (nSPS) is 12.2. The fourth-order valence-electron chi connectivity index (χ4n) is 0.696. The van der Waals surface area contributed by atoms with E-state index < -0.39 is 12.0 Å². The average molecular weight is 245 g/mol. The number of nitrogens with one attached hydrogen (secondary N) is 1. The van der Waals surface area contributed by atoms with Gasteiger partial charge in [0.15, 0.2) is 0 Å². The summed E-state index contributed by atoms with van der Waals surface area (Å²) >= 11 is 3.17. The summed E-state index contributed by atoms with van der Waals surface area (Å²) in [5.41, 5.74) is 0.564. The van der Waals surface area contributed by atoms with Gasteiger partial charge in [0.1, 0.15) is 10.7 Å². The van der Waals surface area contributed by atoms with Crippen molar-refractivity contribution >= 4 is 27.5 Å². The van der Waals surface area contributed by atoms with Crippen LogP contribution in [-0.4, -0.2) is 22.1 Å². The lowest BCUT2D eigenvalue weighted by Crippen LogP contribution is -2.24. The summed E-state index contributed by atoms with van der Waals surface area (Å²) in [4.78, 5) is 14.9. The predicted octanol–water partition coefficient (Wildman–Crippen LogP) is 1.16. The molecule has 1 heterocycles. The second-order valence-electron chi connectivity index (χ2n) is 2.53. The summed E-state index contributed by atoms with van der Waals surface area (Å²) in [5.74, 6) is -0.441. The number of aromatic nitrogens is 1. The van der Waals surface area contributed by atoms with Gasteiger partial charge in [-0.15, -0.1) is 0 Å². The van der Waals surface area contributed by atoms with Crippen LogP contribution in [0.3, 0.4) is 0 Å². The molecule has 1 atom stereocenters. The van der Waals surface area contributed by atoms with Gasteiger partial charge in [-0.1, -0.05) is 0 Å². The fourth-order valence-corrected chi connectivity index (χ4v) is 0.931. The Kier molecular flexibility index (Phi) is 3.39. The molecule has 0 fully saturated rings. The first-order chi connectivity index (χ1) is 6.09. The van der Waals surface area contributed by atoms with E-state index in [-0.39, 0.29) is 0 Å². The number of amides is 1. The highest BCUT2D eigenvalue weighted by molar-refractivity contribution is 9.10. The number of carbonyl (C=O) groups excluding carboxylic acids is 1. The summed E-state index contributed by atoms with van der Waals surface area (Å²) in [6.45, 7) is 1.40. The van der Waals surface area contributed by atoms with Crippen molar-refractivity contribution in [3.8, 4) is 0 Å². The molecule has 0 saturated heterocycles. The molecule has 0 aliphatic rings. The van der Waals surface area contributed by atoms with E-state index >= 15 is 0 Å². The number of hydrogen-bond acceptors (Lipinski definition) is 3. The van der Waals surface area contributed by atoms with Crippen molar-refractivity contribution in [2.75, 3.05) is 5.32 Å². The van der Waals surface area contributed by atoms with Crippen LogP contribution in [0.2, 0.25) is 0 Å². The number of aliphatic hydroxyl groups is 1. The maximum Gasteiger partial charge on any atom is 0.252 e. The van der Waals surface area contributed by atoms with Crippen molar-refractivity contribution in [2.45, 2.75) is 13.0 Å². The van der Waals surface area contributed by atoms with Crippen molar-refractivity contribution in [2.24, 2.45) is 0 Å². The Morgan fingerprint density at radius 2 is 2.38 bits per heavy atom. The van der Waals surface area contributed by atoms with E-state index in [2.05, 4.69) is 26.2 Å². The highest BCUT2D eigenvalue weighted by Gasteiger charge is 2.08. The van der Waals surface area contributed by atoms with Crippen molar-refractivity contribution in [1.29, 1.82) is 0 Å². The minimum Gasteiger partial charge on any atom is -0.384 e. The predicted molar refractivity (Wildman–Crippen MR) is 52.2 cm³/mol. The fraction of sp³-hybridized carbons (Fsp3) is 0.250. The number of carbonyl (C=O) groups is 1. The highest BCUT2D eigenvalue weighted by atomic mass is 79.9. The monoisotopic (exact) mass is 244 g/mol. The van der Waals surface area contributed by atoms with Crippen LogP contribution in [0.15, 0.2) is 22.9 Å². The van der Waals surface area contributed by atoms with Crippen molar-refractivity contribution in [3.05, 3.63) is 22.9 Å². The molecule has 0 aromatic carbocycles. The number of aliphatic hydroxyl groups excluding tert-OH is 1. The lowest BCUT2D eigenvalue weighted by molar-refractivity contribution is -0.123. The first kappa shape index (κ1) is 10.1. The Morgan fingerprint density at radius 1 is 1.69 bits per heavy atom. The highest BCUT2D eigenvalue weighted by Crippen LogP contribution is 2.10. The van der Waals surface area contributed by atoms with E-state index in [1.54, 1.807) is 12.1 Å². The molecule has 2 N–H and O–H groups in total. The Hall–Kier alpha value is -0.940. The van der Waals surface area contributed by atoms with Gasteiger partial charge >= 0.3 is 0 Å². The maximum atomic E-state index is 11.0. The minimum absolute atomic E-state index is 0.441. The van der Waals surface area contributed by atoms with Crippen molar-refractivity contribution < 1.29 is 9.90 Å². The van der Waals surface area contributed by atoms with Crippen LogP contribution in [0, 0.1) is 0 Å². The first-order valence-electron chi connectivity index (χ1n) is 3.70. The van der Waals surface area contributed by atoms with E-state index in [1.165, 1.54) is 13.1 Å². The molecule has 70 valence electrons. The smallest absolute Gasteiger partial charge is 0.252 e. The first-order valence-corrected chi connectivity index (χ1v) is 4.49. The largest absolute Gasteiger partial charge is 0.384 e. The van der Waals surface area contributed by atoms with Crippen molar-refractivity contribution in [1.82, 2.24) is 4.98 Å². The molecule has 1 rings (SSSR count). The van der Waals surface area contributed by atoms with Crippen LogP contribution in [-0.2, 0) is 4.79 Å². The Balaban J connectivity index is 2.65. The van der Waals surface area contributed by atoms with E-state index in [0.29, 0.717) is 10.3 Å². The zero-order valence-corrected chi connectivity index (χ0v) is 8.58. The Bertz CT molecular complexity index is 298. The molecule has 1 aromatic heterocycles. The summed E-state index contributed by atoms with van der Waals surface area (Å²) in [7, 11) is 0. The third-order valence-electron chi connectivity index (χ3n) is 1.37. The number of anilines is 1. The lowest BCUT2D eigenvalue weighted by Gasteiger charge is -2.05. The van der Waals surface area contributed by atoms with Crippen LogP contribution in [0.1, 0.15) is 6.92 Å². The second kappa shape index (κ2) is 4.34. The van der Waals surface area contributed by atoms with Gasteiger partial charge in [0.05, 0.1) is 11.9 Å².